The molecule has 0 aromatic carbocycles. The van der Waals surface area contributed by atoms with Crippen molar-refractivity contribution in [3.05, 3.63) is 0 Å². The summed E-state index contributed by atoms with van der Waals surface area (Å²) in [4.78, 5) is 14.4. The van der Waals surface area contributed by atoms with Crippen molar-refractivity contribution in [1.29, 1.82) is 0 Å². The van der Waals surface area contributed by atoms with Crippen LogP contribution in [-0.2, 0) is 9.53 Å². The van der Waals surface area contributed by atoms with E-state index < -0.39 is 0 Å². The molecule has 0 aliphatic heterocycles. The Morgan fingerprint density at radius 3 is 2.48 bits per heavy atom. The second-order valence-electron chi connectivity index (χ2n) is 6.17. The van der Waals surface area contributed by atoms with Crippen molar-refractivity contribution in [2.75, 3.05) is 26.7 Å². The molecule has 0 aromatic rings. The Balaban J connectivity index is 2.40. The van der Waals surface area contributed by atoms with Crippen LogP contribution in [0.4, 0.5) is 0 Å². The van der Waals surface area contributed by atoms with Crippen LogP contribution >= 0.6 is 0 Å². The molecule has 1 aliphatic rings. The number of hydrogen-bond donors (Lipinski definition) is 1. The number of carbonyl (C=O) groups is 1. The van der Waals surface area contributed by atoms with E-state index in [0.717, 1.165) is 25.9 Å². The lowest BCUT2D eigenvalue weighted by Crippen LogP contribution is -2.42. The number of rotatable bonds is 9. The predicted molar refractivity (Wildman–Crippen MR) is 87.5 cm³/mol. The molecule has 0 aromatic heterocycles. The first-order valence-corrected chi connectivity index (χ1v) is 8.79. The van der Waals surface area contributed by atoms with Crippen LogP contribution in [0.15, 0.2) is 0 Å². The van der Waals surface area contributed by atoms with E-state index in [9.17, 15) is 4.79 Å². The van der Waals surface area contributed by atoms with Gasteiger partial charge in [-0.15, -0.1) is 0 Å². The van der Waals surface area contributed by atoms with E-state index in [4.69, 9.17) is 4.74 Å². The zero-order chi connectivity index (χ0) is 15.5. The van der Waals surface area contributed by atoms with Crippen molar-refractivity contribution in [2.24, 2.45) is 0 Å². The maximum absolute atomic E-state index is 12.0. The van der Waals surface area contributed by atoms with E-state index in [-0.39, 0.29) is 12.0 Å². The number of esters is 1. The van der Waals surface area contributed by atoms with E-state index in [1.165, 1.54) is 38.5 Å². The molecular weight excluding hydrogens is 264 g/mol. The average Bonchev–Trinajstić information content (AvgIpc) is 2.76. The summed E-state index contributed by atoms with van der Waals surface area (Å²) in [6.45, 7) is 6.28. The second-order valence-corrected chi connectivity index (χ2v) is 6.17. The van der Waals surface area contributed by atoms with Crippen LogP contribution < -0.4 is 5.32 Å². The fourth-order valence-electron chi connectivity index (χ4n) is 3.08. The Kier molecular flexibility index (Phi) is 9.68. The van der Waals surface area contributed by atoms with Gasteiger partial charge in [-0.2, -0.15) is 0 Å². The molecule has 1 aliphatic carbocycles. The van der Waals surface area contributed by atoms with Gasteiger partial charge in [-0.3, -0.25) is 4.79 Å². The third kappa shape index (κ3) is 7.28. The van der Waals surface area contributed by atoms with E-state index in [0.29, 0.717) is 12.6 Å². The summed E-state index contributed by atoms with van der Waals surface area (Å²) in [5.41, 5.74) is 0. The molecule has 1 N–H and O–H groups in total. The highest BCUT2D eigenvalue weighted by molar-refractivity contribution is 5.75. The van der Waals surface area contributed by atoms with Crippen LogP contribution in [0, 0.1) is 0 Å². The minimum atomic E-state index is -0.155. The minimum absolute atomic E-state index is 0.0970. The highest BCUT2D eigenvalue weighted by atomic mass is 16.5. The van der Waals surface area contributed by atoms with Gasteiger partial charge in [0, 0.05) is 12.6 Å². The highest BCUT2D eigenvalue weighted by Crippen LogP contribution is 2.21. The number of carbonyl (C=O) groups excluding carboxylic acids is 1. The van der Waals surface area contributed by atoms with Crippen LogP contribution in [0.1, 0.15) is 65.2 Å². The standard InChI is InChI=1S/C17H34N2O2/c1-4-13-18-16(17(20)21-5-2)12-14-19(3)15-10-8-6-7-9-11-15/h15-16,18H,4-14H2,1-3H3. The lowest BCUT2D eigenvalue weighted by Gasteiger charge is -2.28. The quantitative estimate of drug-likeness (QED) is 0.525. The fourth-order valence-corrected chi connectivity index (χ4v) is 3.08. The smallest absolute Gasteiger partial charge is 0.323 e. The van der Waals surface area contributed by atoms with Gasteiger partial charge in [-0.25, -0.2) is 0 Å². The van der Waals surface area contributed by atoms with Crippen molar-refractivity contribution in [3.8, 4) is 0 Å². The van der Waals surface area contributed by atoms with Gasteiger partial charge in [0.15, 0.2) is 0 Å². The third-order valence-electron chi connectivity index (χ3n) is 4.43. The van der Waals surface area contributed by atoms with Gasteiger partial charge in [0.25, 0.3) is 0 Å². The Hall–Kier alpha value is -0.610. The average molecular weight is 298 g/mol. The van der Waals surface area contributed by atoms with Crippen molar-refractivity contribution in [3.63, 3.8) is 0 Å². The Labute approximate surface area is 130 Å². The van der Waals surface area contributed by atoms with E-state index in [1.807, 2.05) is 6.92 Å². The van der Waals surface area contributed by atoms with Gasteiger partial charge in [0.05, 0.1) is 6.61 Å². The first-order chi connectivity index (χ1) is 10.2. The van der Waals surface area contributed by atoms with Crippen LogP contribution in [0.5, 0.6) is 0 Å². The van der Waals surface area contributed by atoms with Gasteiger partial charge in [0.1, 0.15) is 6.04 Å². The normalized spacial score (nSPS) is 18.5. The molecule has 0 spiro atoms. The summed E-state index contributed by atoms with van der Waals surface area (Å²) in [5.74, 6) is -0.0970. The van der Waals surface area contributed by atoms with Gasteiger partial charge in [0.2, 0.25) is 0 Å². The molecule has 0 heterocycles. The van der Waals surface area contributed by atoms with Crippen molar-refractivity contribution >= 4 is 5.97 Å². The Morgan fingerprint density at radius 2 is 1.90 bits per heavy atom. The maximum atomic E-state index is 12.0. The monoisotopic (exact) mass is 298 g/mol. The Morgan fingerprint density at radius 1 is 1.24 bits per heavy atom. The summed E-state index contributed by atoms with van der Waals surface area (Å²) >= 11 is 0. The van der Waals surface area contributed by atoms with Crippen LogP contribution in [0.2, 0.25) is 0 Å². The number of nitrogens with zero attached hydrogens (tertiary/aromatic N) is 1. The first-order valence-electron chi connectivity index (χ1n) is 8.79. The molecule has 4 nitrogen and oxygen atoms in total. The number of hydrogen-bond acceptors (Lipinski definition) is 4. The van der Waals surface area contributed by atoms with E-state index in [2.05, 4.69) is 24.2 Å². The van der Waals surface area contributed by atoms with Crippen LogP contribution in [0.25, 0.3) is 0 Å². The number of ether oxygens (including phenoxy) is 1. The summed E-state index contributed by atoms with van der Waals surface area (Å²) in [7, 11) is 2.21. The summed E-state index contributed by atoms with van der Waals surface area (Å²) in [5, 5.41) is 3.32. The largest absolute Gasteiger partial charge is 0.465 e. The van der Waals surface area contributed by atoms with Crippen LogP contribution in [0.3, 0.4) is 0 Å². The van der Waals surface area contributed by atoms with Gasteiger partial charge in [-0.05, 0) is 46.2 Å². The number of nitrogens with one attached hydrogen (secondary N) is 1. The lowest BCUT2D eigenvalue weighted by molar-refractivity contribution is -0.146. The fraction of sp³-hybridized carbons (Fsp3) is 0.941. The summed E-state index contributed by atoms with van der Waals surface area (Å²) < 4.78 is 5.18. The molecule has 21 heavy (non-hydrogen) atoms. The Bertz CT molecular complexity index is 276. The second kappa shape index (κ2) is 11.0. The molecule has 1 atom stereocenters. The zero-order valence-corrected chi connectivity index (χ0v) is 14.2. The highest BCUT2D eigenvalue weighted by Gasteiger charge is 2.22. The molecule has 0 bridgehead atoms. The predicted octanol–water partition coefficient (Wildman–Crippen LogP) is 2.96. The first kappa shape index (κ1) is 18.4. The van der Waals surface area contributed by atoms with Gasteiger partial charge < -0.3 is 15.0 Å². The molecule has 0 saturated heterocycles. The molecule has 1 unspecified atom stereocenters. The molecule has 1 rings (SSSR count). The minimum Gasteiger partial charge on any atom is -0.465 e. The summed E-state index contributed by atoms with van der Waals surface area (Å²) in [6.07, 6.45) is 9.96. The molecule has 124 valence electrons. The lowest BCUT2D eigenvalue weighted by atomic mass is 10.1. The third-order valence-corrected chi connectivity index (χ3v) is 4.43. The molecular formula is C17H34N2O2. The maximum Gasteiger partial charge on any atom is 0.323 e. The van der Waals surface area contributed by atoms with Crippen molar-refractivity contribution < 1.29 is 9.53 Å². The van der Waals surface area contributed by atoms with Gasteiger partial charge >= 0.3 is 5.97 Å². The van der Waals surface area contributed by atoms with Gasteiger partial charge in [-0.1, -0.05) is 32.6 Å². The molecule has 1 saturated carbocycles. The molecule has 0 amide bonds. The van der Waals surface area contributed by atoms with Crippen LogP contribution in [-0.4, -0.2) is 49.7 Å². The molecule has 0 radical (unpaired) electrons. The SMILES string of the molecule is CCCNC(CCN(C)C1CCCCCC1)C(=O)OCC. The molecule has 4 heteroatoms. The van der Waals surface area contributed by atoms with Crippen molar-refractivity contribution in [1.82, 2.24) is 10.2 Å². The van der Waals surface area contributed by atoms with E-state index >= 15 is 0 Å². The van der Waals surface area contributed by atoms with E-state index in [1.54, 1.807) is 0 Å². The molecule has 1 fully saturated rings. The summed E-state index contributed by atoms with van der Waals surface area (Å²) in [6, 6.07) is 0.541. The van der Waals surface area contributed by atoms with Crippen molar-refractivity contribution in [2.45, 2.75) is 77.3 Å². The zero-order valence-electron chi connectivity index (χ0n) is 14.2. The topological polar surface area (TPSA) is 41.6 Å².